The molecule has 18 heavy (non-hydrogen) atoms. The van der Waals surface area contributed by atoms with Crippen LogP contribution in [0.15, 0.2) is 24.4 Å². The van der Waals surface area contributed by atoms with Crippen molar-refractivity contribution < 1.29 is 9.59 Å². The minimum absolute atomic E-state index is 0.139. The molecule has 0 radical (unpaired) electrons. The summed E-state index contributed by atoms with van der Waals surface area (Å²) in [5.41, 5.74) is 0.938. The highest BCUT2D eigenvalue weighted by Gasteiger charge is 2.15. The molecule has 1 aromatic heterocycles. The standard InChI is InChI=1S/C13H19N3O2/c1-2-5-12(16-10-17)13(18)15-9-7-11-6-3-4-8-14-11/h3-4,6,8,10,12H,2,5,7,9H2,1H3,(H,15,18)(H,16,17)/t12-/m0/s1. The Morgan fingerprint density at radius 3 is 2.94 bits per heavy atom. The second kappa shape index (κ2) is 8.22. The molecule has 0 saturated heterocycles. The van der Waals surface area contributed by atoms with Gasteiger partial charge in [-0.25, -0.2) is 0 Å². The first-order valence-corrected chi connectivity index (χ1v) is 6.15. The number of hydrogen-bond donors (Lipinski definition) is 2. The average molecular weight is 249 g/mol. The summed E-state index contributed by atoms with van der Waals surface area (Å²) in [4.78, 5) is 26.3. The Hall–Kier alpha value is -1.91. The Morgan fingerprint density at radius 1 is 1.50 bits per heavy atom. The Bertz CT molecular complexity index is 368. The molecule has 1 atom stereocenters. The molecule has 1 aromatic rings. The van der Waals surface area contributed by atoms with Crippen molar-refractivity contribution in [2.45, 2.75) is 32.2 Å². The average Bonchev–Trinajstić information content (AvgIpc) is 2.39. The van der Waals surface area contributed by atoms with E-state index in [9.17, 15) is 9.59 Å². The number of amides is 2. The highest BCUT2D eigenvalue weighted by molar-refractivity contribution is 5.83. The minimum atomic E-state index is -0.434. The lowest BCUT2D eigenvalue weighted by molar-refractivity contribution is -0.125. The van der Waals surface area contributed by atoms with Gasteiger partial charge in [-0.2, -0.15) is 0 Å². The molecule has 98 valence electrons. The van der Waals surface area contributed by atoms with Crippen molar-refractivity contribution in [2.75, 3.05) is 6.54 Å². The van der Waals surface area contributed by atoms with E-state index in [4.69, 9.17) is 0 Å². The topological polar surface area (TPSA) is 71.1 Å². The maximum absolute atomic E-state index is 11.8. The first-order valence-electron chi connectivity index (χ1n) is 6.15. The van der Waals surface area contributed by atoms with Gasteiger partial charge in [0.15, 0.2) is 0 Å². The highest BCUT2D eigenvalue weighted by atomic mass is 16.2. The molecule has 1 heterocycles. The van der Waals surface area contributed by atoms with Crippen LogP contribution in [0, 0.1) is 0 Å². The Kier molecular flexibility index (Phi) is 6.46. The number of nitrogens with one attached hydrogen (secondary N) is 2. The van der Waals surface area contributed by atoms with Crippen molar-refractivity contribution in [1.29, 1.82) is 0 Å². The molecule has 0 fully saturated rings. The predicted octanol–water partition coefficient (Wildman–Crippen LogP) is 0.655. The normalized spacial score (nSPS) is 11.6. The molecule has 5 heteroatoms. The zero-order valence-corrected chi connectivity index (χ0v) is 10.6. The lowest BCUT2D eigenvalue weighted by Gasteiger charge is -2.14. The van der Waals surface area contributed by atoms with Crippen molar-refractivity contribution in [1.82, 2.24) is 15.6 Å². The maximum atomic E-state index is 11.8. The highest BCUT2D eigenvalue weighted by Crippen LogP contribution is 1.97. The van der Waals surface area contributed by atoms with Crippen molar-refractivity contribution >= 4 is 12.3 Å². The van der Waals surface area contributed by atoms with Crippen LogP contribution in [0.2, 0.25) is 0 Å². The van der Waals surface area contributed by atoms with Crippen LogP contribution in [-0.2, 0) is 16.0 Å². The molecule has 0 bridgehead atoms. The predicted molar refractivity (Wildman–Crippen MR) is 68.8 cm³/mol. The third-order valence-corrected chi connectivity index (χ3v) is 2.57. The summed E-state index contributed by atoms with van der Waals surface area (Å²) < 4.78 is 0. The van der Waals surface area contributed by atoms with E-state index in [-0.39, 0.29) is 5.91 Å². The van der Waals surface area contributed by atoms with Gasteiger partial charge in [0.25, 0.3) is 0 Å². The zero-order chi connectivity index (χ0) is 13.2. The fraction of sp³-hybridized carbons (Fsp3) is 0.462. The van der Waals surface area contributed by atoms with Gasteiger partial charge in [0.2, 0.25) is 12.3 Å². The van der Waals surface area contributed by atoms with E-state index in [2.05, 4.69) is 15.6 Å². The van der Waals surface area contributed by atoms with Crippen molar-refractivity contribution in [3.63, 3.8) is 0 Å². The van der Waals surface area contributed by atoms with Gasteiger partial charge in [0, 0.05) is 24.9 Å². The fourth-order valence-electron chi connectivity index (χ4n) is 1.64. The summed E-state index contributed by atoms with van der Waals surface area (Å²) >= 11 is 0. The molecule has 0 aromatic carbocycles. The van der Waals surface area contributed by atoms with E-state index < -0.39 is 6.04 Å². The van der Waals surface area contributed by atoms with Gasteiger partial charge in [-0.1, -0.05) is 19.4 Å². The van der Waals surface area contributed by atoms with Gasteiger partial charge in [-0.3, -0.25) is 14.6 Å². The Labute approximate surface area is 107 Å². The third kappa shape index (κ3) is 4.95. The second-order valence-electron chi connectivity index (χ2n) is 3.99. The summed E-state index contributed by atoms with van der Waals surface area (Å²) in [5.74, 6) is -0.139. The summed E-state index contributed by atoms with van der Waals surface area (Å²) in [7, 11) is 0. The number of pyridine rings is 1. The van der Waals surface area contributed by atoms with Crippen LogP contribution in [0.4, 0.5) is 0 Å². The molecule has 2 amide bonds. The van der Waals surface area contributed by atoms with Gasteiger partial charge in [-0.15, -0.1) is 0 Å². The Morgan fingerprint density at radius 2 is 2.33 bits per heavy atom. The SMILES string of the molecule is CCC[C@H](NC=O)C(=O)NCCc1ccccn1. The molecule has 2 N–H and O–H groups in total. The van der Waals surface area contributed by atoms with Crippen LogP contribution in [0.1, 0.15) is 25.5 Å². The van der Waals surface area contributed by atoms with E-state index in [1.807, 2.05) is 25.1 Å². The summed E-state index contributed by atoms with van der Waals surface area (Å²) in [6.45, 7) is 2.50. The third-order valence-electron chi connectivity index (χ3n) is 2.57. The largest absolute Gasteiger partial charge is 0.354 e. The molecule has 0 saturated carbocycles. The zero-order valence-electron chi connectivity index (χ0n) is 10.6. The van der Waals surface area contributed by atoms with E-state index in [0.29, 0.717) is 25.8 Å². The van der Waals surface area contributed by atoms with Gasteiger partial charge in [0.1, 0.15) is 6.04 Å². The number of hydrogen-bond acceptors (Lipinski definition) is 3. The molecular weight excluding hydrogens is 230 g/mol. The smallest absolute Gasteiger partial charge is 0.242 e. The van der Waals surface area contributed by atoms with Crippen molar-refractivity contribution in [3.05, 3.63) is 30.1 Å². The molecule has 0 aliphatic heterocycles. The number of aromatic nitrogens is 1. The molecule has 1 rings (SSSR count). The molecule has 0 aliphatic carbocycles. The molecule has 0 unspecified atom stereocenters. The van der Waals surface area contributed by atoms with Gasteiger partial charge < -0.3 is 10.6 Å². The number of carbonyl (C=O) groups is 2. The summed E-state index contributed by atoms with van der Waals surface area (Å²) in [6.07, 6.45) is 4.48. The number of carbonyl (C=O) groups excluding carboxylic acids is 2. The van der Waals surface area contributed by atoms with Crippen LogP contribution >= 0.6 is 0 Å². The van der Waals surface area contributed by atoms with E-state index >= 15 is 0 Å². The lowest BCUT2D eigenvalue weighted by atomic mass is 10.1. The quantitative estimate of drug-likeness (QED) is 0.665. The maximum Gasteiger partial charge on any atom is 0.242 e. The van der Waals surface area contributed by atoms with Crippen LogP contribution in [0.25, 0.3) is 0 Å². The Balaban J connectivity index is 2.33. The van der Waals surface area contributed by atoms with E-state index in [0.717, 1.165) is 12.1 Å². The van der Waals surface area contributed by atoms with Crippen LogP contribution in [-0.4, -0.2) is 29.9 Å². The van der Waals surface area contributed by atoms with Gasteiger partial charge in [-0.05, 0) is 18.6 Å². The lowest BCUT2D eigenvalue weighted by Crippen LogP contribution is -2.44. The first-order chi connectivity index (χ1) is 8.77. The van der Waals surface area contributed by atoms with Gasteiger partial charge >= 0.3 is 0 Å². The van der Waals surface area contributed by atoms with Gasteiger partial charge in [0.05, 0.1) is 0 Å². The van der Waals surface area contributed by atoms with Crippen molar-refractivity contribution in [2.24, 2.45) is 0 Å². The second-order valence-corrected chi connectivity index (χ2v) is 3.99. The number of nitrogens with zero attached hydrogens (tertiary/aromatic N) is 1. The molecule has 5 nitrogen and oxygen atoms in total. The molecule has 0 spiro atoms. The van der Waals surface area contributed by atoms with Crippen LogP contribution in [0.3, 0.4) is 0 Å². The summed E-state index contributed by atoms with van der Waals surface area (Å²) in [6, 6.07) is 5.25. The van der Waals surface area contributed by atoms with Crippen LogP contribution < -0.4 is 10.6 Å². The molecule has 0 aliphatic rings. The van der Waals surface area contributed by atoms with E-state index in [1.54, 1.807) is 6.20 Å². The monoisotopic (exact) mass is 249 g/mol. The summed E-state index contributed by atoms with van der Waals surface area (Å²) in [5, 5.41) is 5.32. The first kappa shape index (κ1) is 14.2. The van der Waals surface area contributed by atoms with Crippen LogP contribution in [0.5, 0.6) is 0 Å². The minimum Gasteiger partial charge on any atom is -0.354 e. The fourth-order valence-corrected chi connectivity index (χ4v) is 1.64. The number of rotatable bonds is 8. The molecular formula is C13H19N3O2. The van der Waals surface area contributed by atoms with E-state index in [1.165, 1.54) is 0 Å². The van der Waals surface area contributed by atoms with Crippen molar-refractivity contribution in [3.8, 4) is 0 Å².